The van der Waals surface area contributed by atoms with E-state index < -0.39 is 0 Å². The summed E-state index contributed by atoms with van der Waals surface area (Å²) < 4.78 is 1.25. The van der Waals surface area contributed by atoms with E-state index in [2.05, 4.69) is 23.6 Å². The normalized spacial score (nSPS) is 10.2. The summed E-state index contributed by atoms with van der Waals surface area (Å²) in [6.45, 7) is 0. The SMILES string of the molecule is [c]1cccc2ccsc12. The van der Waals surface area contributed by atoms with Gasteiger partial charge in [-0.05, 0) is 16.8 Å². The molecule has 0 nitrogen and oxygen atoms in total. The van der Waals surface area contributed by atoms with Crippen LogP contribution in [-0.2, 0) is 0 Å². The molecule has 0 atom stereocenters. The van der Waals surface area contributed by atoms with Crippen LogP contribution in [0.2, 0.25) is 0 Å². The maximum atomic E-state index is 3.15. The van der Waals surface area contributed by atoms with Gasteiger partial charge in [0.25, 0.3) is 0 Å². The lowest BCUT2D eigenvalue weighted by atomic mass is 10.3. The largest absolute Gasteiger partial charge is 0.143 e. The Morgan fingerprint density at radius 3 is 3.22 bits per heavy atom. The van der Waals surface area contributed by atoms with Crippen molar-refractivity contribution in [2.24, 2.45) is 0 Å². The van der Waals surface area contributed by atoms with Gasteiger partial charge < -0.3 is 0 Å². The van der Waals surface area contributed by atoms with Crippen molar-refractivity contribution in [3.63, 3.8) is 0 Å². The Morgan fingerprint density at radius 2 is 2.33 bits per heavy atom. The van der Waals surface area contributed by atoms with Crippen molar-refractivity contribution in [2.45, 2.75) is 0 Å². The van der Waals surface area contributed by atoms with Crippen molar-refractivity contribution in [2.75, 3.05) is 0 Å². The van der Waals surface area contributed by atoms with E-state index in [1.165, 1.54) is 10.1 Å². The number of fused-ring (bicyclic) bond motifs is 1. The minimum absolute atomic E-state index is 1.25. The quantitative estimate of drug-likeness (QED) is 0.518. The summed E-state index contributed by atoms with van der Waals surface area (Å²) in [6, 6.07) is 11.3. The van der Waals surface area contributed by atoms with E-state index in [0.29, 0.717) is 0 Å². The Balaban J connectivity index is 2.95. The first-order chi connectivity index (χ1) is 4.47. The summed E-state index contributed by atoms with van der Waals surface area (Å²) in [5.41, 5.74) is 0. The van der Waals surface area contributed by atoms with Crippen molar-refractivity contribution in [1.82, 2.24) is 0 Å². The van der Waals surface area contributed by atoms with Crippen LogP contribution in [0.5, 0.6) is 0 Å². The van der Waals surface area contributed by atoms with Gasteiger partial charge in [-0.2, -0.15) is 0 Å². The second-order valence-corrected chi connectivity index (χ2v) is 2.79. The average molecular weight is 133 g/mol. The van der Waals surface area contributed by atoms with Gasteiger partial charge in [0.05, 0.1) is 0 Å². The van der Waals surface area contributed by atoms with E-state index in [0.717, 1.165) is 0 Å². The third kappa shape index (κ3) is 0.736. The number of benzene rings is 1. The summed E-state index contributed by atoms with van der Waals surface area (Å²) >= 11 is 1.73. The topological polar surface area (TPSA) is 0 Å². The molecule has 1 radical (unpaired) electrons. The first-order valence-corrected chi connectivity index (χ1v) is 3.69. The molecule has 0 N–H and O–H groups in total. The Kier molecular flexibility index (Phi) is 1.03. The van der Waals surface area contributed by atoms with Crippen molar-refractivity contribution >= 4 is 21.4 Å². The summed E-state index contributed by atoms with van der Waals surface area (Å²) in [4.78, 5) is 0. The molecular weight excluding hydrogens is 128 g/mol. The summed E-state index contributed by atoms with van der Waals surface area (Å²) in [5, 5.41) is 3.38. The highest BCUT2D eigenvalue weighted by atomic mass is 32.1. The van der Waals surface area contributed by atoms with Crippen LogP contribution in [0.25, 0.3) is 10.1 Å². The third-order valence-corrected chi connectivity index (χ3v) is 2.14. The summed E-state index contributed by atoms with van der Waals surface area (Å²) in [5.74, 6) is 0. The predicted molar refractivity (Wildman–Crippen MR) is 40.7 cm³/mol. The molecule has 0 amide bonds. The van der Waals surface area contributed by atoms with Crippen LogP contribution in [0.3, 0.4) is 0 Å². The number of hydrogen-bond donors (Lipinski definition) is 0. The molecule has 0 saturated carbocycles. The van der Waals surface area contributed by atoms with Crippen molar-refractivity contribution in [3.8, 4) is 0 Å². The van der Waals surface area contributed by atoms with E-state index in [9.17, 15) is 0 Å². The van der Waals surface area contributed by atoms with E-state index in [-0.39, 0.29) is 0 Å². The smallest absolute Gasteiger partial charge is 0.0421 e. The Hall–Kier alpha value is -0.820. The molecule has 1 heteroatoms. The molecular formula is C8H5S. The van der Waals surface area contributed by atoms with Crippen LogP contribution in [0.4, 0.5) is 0 Å². The molecule has 9 heavy (non-hydrogen) atoms. The number of thiophene rings is 1. The van der Waals surface area contributed by atoms with Gasteiger partial charge in [-0.3, -0.25) is 0 Å². The maximum absolute atomic E-state index is 3.15. The minimum Gasteiger partial charge on any atom is -0.143 e. The fourth-order valence-electron chi connectivity index (χ4n) is 0.843. The number of rotatable bonds is 0. The van der Waals surface area contributed by atoms with Gasteiger partial charge in [0.1, 0.15) is 0 Å². The summed E-state index contributed by atoms with van der Waals surface area (Å²) in [7, 11) is 0. The first kappa shape index (κ1) is 5.00. The van der Waals surface area contributed by atoms with Crippen molar-refractivity contribution in [1.29, 1.82) is 0 Å². The van der Waals surface area contributed by atoms with E-state index in [1.54, 1.807) is 11.3 Å². The van der Waals surface area contributed by atoms with Crippen LogP contribution >= 0.6 is 11.3 Å². The Morgan fingerprint density at radius 1 is 1.33 bits per heavy atom. The Labute approximate surface area is 57.8 Å². The van der Waals surface area contributed by atoms with Crippen molar-refractivity contribution in [3.05, 3.63) is 35.7 Å². The highest BCUT2D eigenvalue weighted by Gasteiger charge is 1.88. The first-order valence-electron chi connectivity index (χ1n) is 2.81. The average Bonchev–Trinajstić information content (AvgIpc) is 2.33. The molecule has 0 aliphatic rings. The molecule has 0 fully saturated rings. The van der Waals surface area contributed by atoms with Crippen LogP contribution in [-0.4, -0.2) is 0 Å². The van der Waals surface area contributed by atoms with Gasteiger partial charge in [0, 0.05) is 10.8 Å². The second-order valence-electron chi connectivity index (χ2n) is 1.88. The molecule has 0 saturated heterocycles. The molecule has 1 aromatic heterocycles. The highest BCUT2D eigenvalue weighted by molar-refractivity contribution is 7.17. The molecule has 1 heterocycles. The van der Waals surface area contributed by atoms with Crippen LogP contribution in [0.15, 0.2) is 29.6 Å². The molecule has 0 spiro atoms. The zero-order valence-electron chi connectivity index (χ0n) is 4.79. The lowest BCUT2D eigenvalue weighted by Gasteiger charge is -1.81. The number of hydrogen-bond acceptors (Lipinski definition) is 1. The molecule has 0 aliphatic heterocycles. The van der Waals surface area contributed by atoms with Gasteiger partial charge in [-0.1, -0.05) is 18.2 Å². The van der Waals surface area contributed by atoms with Gasteiger partial charge in [-0.15, -0.1) is 11.3 Å². The zero-order chi connectivity index (χ0) is 6.10. The van der Waals surface area contributed by atoms with E-state index in [4.69, 9.17) is 0 Å². The molecule has 43 valence electrons. The molecule has 0 aliphatic carbocycles. The molecule has 1 aromatic carbocycles. The summed E-state index contributed by atoms with van der Waals surface area (Å²) in [6.07, 6.45) is 0. The standard InChI is InChI=1S/C8H5S/c1-2-4-8-7(3-1)5-6-9-8/h1-3,5-6H. The molecule has 2 rings (SSSR count). The fourth-order valence-corrected chi connectivity index (χ4v) is 1.60. The van der Waals surface area contributed by atoms with Crippen LogP contribution in [0.1, 0.15) is 0 Å². The lowest BCUT2D eigenvalue weighted by molar-refractivity contribution is 1.84. The lowest BCUT2D eigenvalue weighted by Crippen LogP contribution is -1.57. The third-order valence-electron chi connectivity index (χ3n) is 1.28. The Bertz CT molecular complexity index is 279. The van der Waals surface area contributed by atoms with E-state index >= 15 is 0 Å². The van der Waals surface area contributed by atoms with Gasteiger partial charge in [-0.25, -0.2) is 0 Å². The van der Waals surface area contributed by atoms with Gasteiger partial charge in [0.2, 0.25) is 0 Å². The molecule has 0 unspecified atom stereocenters. The minimum atomic E-state index is 1.25. The molecule has 2 aromatic rings. The highest BCUT2D eigenvalue weighted by Crippen LogP contribution is 2.18. The fraction of sp³-hybridized carbons (Fsp3) is 0. The van der Waals surface area contributed by atoms with E-state index in [1.807, 2.05) is 12.1 Å². The van der Waals surface area contributed by atoms with Gasteiger partial charge in [0.15, 0.2) is 0 Å². The monoisotopic (exact) mass is 133 g/mol. The maximum Gasteiger partial charge on any atom is 0.0421 e. The van der Waals surface area contributed by atoms with Gasteiger partial charge >= 0.3 is 0 Å². The van der Waals surface area contributed by atoms with Crippen LogP contribution in [0, 0.1) is 6.07 Å². The van der Waals surface area contributed by atoms with Crippen molar-refractivity contribution < 1.29 is 0 Å². The van der Waals surface area contributed by atoms with Crippen LogP contribution < -0.4 is 0 Å². The molecule has 0 bridgehead atoms. The predicted octanol–water partition coefficient (Wildman–Crippen LogP) is 2.70. The zero-order valence-corrected chi connectivity index (χ0v) is 5.61. The second kappa shape index (κ2) is 1.85.